The molecule has 3 aromatic rings. The fraction of sp³-hybridized carbons (Fsp3) is 0.345. The summed E-state index contributed by atoms with van der Waals surface area (Å²) >= 11 is 1.74. The van der Waals surface area contributed by atoms with Crippen LogP contribution in [0, 0.1) is 32.8 Å². The largest absolute Gasteiger partial charge is 1.00 e. The molecule has 0 saturated heterocycles. The molecule has 0 saturated carbocycles. The summed E-state index contributed by atoms with van der Waals surface area (Å²) in [5.74, 6) is 0.560. The van der Waals surface area contributed by atoms with Gasteiger partial charge in [-0.05, 0) is 13.8 Å². The number of hydrogen-bond donors (Lipinski definition) is 0. The summed E-state index contributed by atoms with van der Waals surface area (Å²) in [4.78, 5) is 0. The van der Waals surface area contributed by atoms with Crippen molar-refractivity contribution >= 4 is 16.2 Å². The van der Waals surface area contributed by atoms with Crippen LogP contribution in [0.5, 0.6) is 0 Å². The van der Waals surface area contributed by atoms with Gasteiger partial charge in [0.25, 0.3) is 0 Å². The molecule has 33 heavy (non-hydrogen) atoms. The topological polar surface area (TPSA) is 0 Å². The van der Waals surface area contributed by atoms with Gasteiger partial charge in [-0.3, -0.25) is 6.08 Å². The van der Waals surface area contributed by atoms with E-state index in [0.29, 0.717) is 5.92 Å². The summed E-state index contributed by atoms with van der Waals surface area (Å²) in [6.45, 7) is 19.9. The maximum absolute atomic E-state index is 3.36. The van der Waals surface area contributed by atoms with Crippen LogP contribution in [0.3, 0.4) is 0 Å². The number of allylic oxidation sites excluding steroid dienone is 4. The summed E-state index contributed by atoms with van der Waals surface area (Å²) in [5, 5.41) is 2.77. The smallest absolute Gasteiger partial charge is 0.0486 e. The second-order valence-electron chi connectivity index (χ2n) is 8.91. The number of halogens is 2. The average Bonchev–Trinajstić information content (AvgIpc) is 3.13. The molecule has 0 aromatic heterocycles. The summed E-state index contributed by atoms with van der Waals surface area (Å²) in [6.07, 6.45) is 3.36. The third-order valence-electron chi connectivity index (χ3n) is 5.83. The van der Waals surface area contributed by atoms with E-state index in [1.807, 2.05) is 0 Å². The van der Waals surface area contributed by atoms with Crippen molar-refractivity contribution in [3.8, 4) is 11.1 Å². The van der Waals surface area contributed by atoms with E-state index in [1.54, 1.807) is 23.3 Å². The first-order valence-electron chi connectivity index (χ1n) is 11.0. The van der Waals surface area contributed by atoms with Crippen molar-refractivity contribution < 1.29 is 48.1 Å². The number of aryl methyl sites for hydroxylation is 3. The van der Waals surface area contributed by atoms with E-state index in [0.717, 1.165) is 0 Å². The summed E-state index contributed by atoms with van der Waals surface area (Å²) in [7, 11) is 0. The zero-order chi connectivity index (χ0) is 23.3. The monoisotopic (exact) mass is 572 g/mol. The van der Waals surface area contributed by atoms with Crippen LogP contribution in [0.1, 0.15) is 44.4 Å². The molecule has 0 heterocycles. The molecule has 0 amide bonds. The van der Waals surface area contributed by atoms with E-state index >= 15 is 0 Å². The van der Waals surface area contributed by atoms with Gasteiger partial charge in [-0.15, -0.1) is 41.0 Å². The third-order valence-corrected chi connectivity index (χ3v) is 5.83. The molecule has 3 aromatic carbocycles. The molecule has 1 atom stereocenters. The van der Waals surface area contributed by atoms with Gasteiger partial charge < -0.3 is 24.8 Å². The minimum atomic E-state index is 0. The molecule has 0 bridgehead atoms. The van der Waals surface area contributed by atoms with Gasteiger partial charge in [0.1, 0.15) is 0 Å². The van der Waals surface area contributed by atoms with Gasteiger partial charge in [-0.25, -0.2) is 5.57 Å². The Morgan fingerprint density at radius 1 is 0.909 bits per heavy atom. The predicted octanol–water partition coefficient (Wildman–Crippen LogP) is 2.67. The van der Waals surface area contributed by atoms with Crippen LogP contribution < -0.4 is 24.8 Å². The summed E-state index contributed by atoms with van der Waals surface area (Å²) in [5.41, 5.74) is 11.2. The molecule has 1 aliphatic rings. The summed E-state index contributed by atoms with van der Waals surface area (Å²) in [6, 6.07) is 17.5. The van der Waals surface area contributed by atoms with E-state index in [-0.39, 0.29) is 30.2 Å². The molecular formula is C29H36Cl2SiZr-2. The molecule has 0 radical (unpaired) electrons. The third kappa shape index (κ3) is 8.74. The van der Waals surface area contributed by atoms with Gasteiger partial charge in [0.2, 0.25) is 0 Å². The van der Waals surface area contributed by atoms with Crippen LogP contribution in [-0.4, -0.2) is 5.43 Å². The minimum Gasteiger partial charge on any atom is -1.00 e. The first-order valence-corrected chi connectivity index (χ1v) is 17.2. The van der Waals surface area contributed by atoms with Crippen LogP contribution in [0.25, 0.3) is 21.9 Å². The maximum atomic E-state index is 3.36. The molecule has 1 aliphatic carbocycles. The Balaban J connectivity index is 0.000000580. The van der Waals surface area contributed by atoms with Crippen molar-refractivity contribution in [3.63, 3.8) is 0 Å². The van der Waals surface area contributed by atoms with Crippen molar-refractivity contribution in [1.82, 2.24) is 0 Å². The Kier molecular flexibility index (Phi) is 14.2. The molecule has 176 valence electrons. The minimum absolute atomic E-state index is 0. The van der Waals surface area contributed by atoms with Crippen molar-refractivity contribution in [2.24, 2.45) is 5.92 Å². The Morgan fingerprint density at radius 3 is 1.88 bits per heavy atom. The molecule has 1 unspecified atom stereocenters. The second kappa shape index (κ2) is 14.6. The standard InChI is InChI=1S/C18H17.C9H13.C2H6Si.2ClH.Zr/c1-12-9-13(2)18-16(10-12)11-14(3)17(18)15-7-5-4-6-8-15;1-6-5-7(2)9(4)8(6)3;1-3-2;;;/h4-11H,1-3H3;6H,1-4H3;1-2H3;2*1H;/q2*-1;;;;+2/p-2. The van der Waals surface area contributed by atoms with Gasteiger partial charge in [0.15, 0.2) is 0 Å². The molecule has 0 fully saturated rings. The zero-order valence-electron chi connectivity index (χ0n) is 21.5. The van der Waals surface area contributed by atoms with Crippen molar-refractivity contribution in [3.05, 3.63) is 88.0 Å². The SMILES string of the molecule is CC1=[C-]C(C)C(C)=C1C.C[Si](C)=[Zr+2].Cc1cc(C)c2c(-c3ccccc3)c(C)[cH-]c2c1.[Cl-].[Cl-]. The Bertz CT molecular complexity index is 1130. The average molecular weight is 575 g/mol. The van der Waals surface area contributed by atoms with Crippen molar-refractivity contribution in [2.45, 2.75) is 61.6 Å². The number of hydrogen-bond acceptors (Lipinski definition) is 0. The Morgan fingerprint density at radius 2 is 1.45 bits per heavy atom. The number of benzene rings is 2. The van der Waals surface area contributed by atoms with Gasteiger partial charge in [-0.1, -0.05) is 86.7 Å². The number of fused-ring (bicyclic) bond motifs is 1. The molecule has 0 aliphatic heterocycles. The first-order chi connectivity index (χ1) is 14.5. The summed E-state index contributed by atoms with van der Waals surface area (Å²) < 4.78 is 0. The molecule has 0 N–H and O–H groups in total. The Labute approximate surface area is 229 Å². The van der Waals surface area contributed by atoms with Gasteiger partial charge in [-0.2, -0.15) is 11.1 Å². The zero-order valence-corrected chi connectivity index (χ0v) is 26.4. The maximum Gasteiger partial charge on any atom is -0.0486 e. The van der Waals surface area contributed by atoms with Crippen molar-refractivity contribution in [1.29, 1.82) is 0 Å². The number of rotatable bonds is 1. The molecule has 4 rings (SSSR count). The van der Waals surface area contributed by atoms with E-state index in [2.05, 4.69) is 116 Å². The van der Waals surface area contributed by atoms with Crippen LogP contribution >= 0.6 is 0 Å². The fourth-order valence-corrected chi connectivity index (χ4v) is 4.10. The van der Waals surface area contributed by atoms with E-state index in [9.17, 15) is 0 Å². The molecule has 0 nitrogen and oxygen atoms in total. The fourth-order valence-electron chi connectivity index (χ4n) is 4.10. The van der Waals surface area contributed by atoms with Crippen molar-refractivity contribution in [2.75, 3.05) is 0 Å². The van der Waals surface area contributed by atoms with Gasteiger partial charge in [0.05, 0.1) is 0 Å². The first kappa shape index (κ1) is 32.2. The van der Waals surface area contributed by atoms with E-state index < -0.39 is 0 Å². The molecule has 0 spiro atoms. The van der Waals surface area contributed by atoms with Crippen LogP contribution in [-0.2, 0) is 23.3 Å². The van der Waals surface area contributed by atoms with Crippen LogP contribution in [0.15, 0.2) is 65.3 Å². The van der Waals surface area contributed by atoms with E-state index in [4.69, 9.17) is 0 Å². The molecular weight excluding hydrogens is 539 g/mol. The normalized spacial score (nSPS) is 14.3. The van der Waals surface area contributed by atoms with Crippen LogP contribution in [0.2, 0.25) is 13.1 Å². The molecule has 4 heteroatoms. The Hall–Kier alpha value is -0.790. The van der Waals surface area contributed by atoms with Gasteiger partial charge in [0, 0.05) is 0 Å². The van der Waals surface area contributed by atoms with Crippen LogP contribution in [0.4, 0.5) is 0 Å². The van der Waals surface area contributed by atoms with Gasteiger partial charge >= 0.3 is 41.9 Å². The predicted molar refractivity (Wildman–Crippen MR) is 137 cm³/mol. The van der Waals surface area contributed by atoms with E-state index in [1.165, 1.54) is 55.3 Å². The second-order valence-corrected chi connectivity index (χ2v) is 18.3. The quantitative estimate of drug-likeness (QED) is 0.310.